The van der Waals surface area contributed by atoms with E-state index in [0.29, 0.717) is 17.2 Å². The van der Waals surface area contributed by atoms with Crippen molar-refractivity contribution in [3.8, 4) is 23.2 Å². The van der Waals surface area contributed by atoms with Gasteiger partial charge < -0.3 is 10.8 Å². The molecule has 0 radical (unpaired) electrons. The maximum absolute atomic E-state index is 12.0. The van der Waals surface area contributed by atoms with Gasteiger partial charge in [-0.3, -0.25) is 4.79 Å². The van der Waals surface area contributed by atoms with Gasteiger partial charge in [-0.15, -0.1) is 5.10 Å². The van der Waals surface area contributed by atoms with E-state index in [1.807, 2.05) is 0 Å². The van der Waals surface area contributed by atoms with Crippen LogP contribution in [0.3, 0.4) is 0 Å². The summed E-state index contributed by atoms with van der Waals surface area (Å²) in [5.41, 5.74) is 6.45. The molecule has 98 valence electrons. The van der Waals surface area contributed by atoms with Gasteiger partial charge in [0.15, 0.2) is 5.82 Å². The molecule has 0 saturated carbocycles. The second-order valence-corrected chi connectivity index (χ2v) is 4.30. The minimum atomic E-state index is -0.566. The van der Waals surface area contributed by atoms with E-state index in [1.165, 1.54) is 12.1 Å². The maximum atomic E-state index is 12.0. The molecule has 0 saturated heterocycles. The molecule has 1 aliphatic rings. The van der Waals surface area contributed by atoms with Crippen LogP contribution in [0.15, 0.2) is 35.5 Å². The molecule has 3 N–H and O–H groups in total. The van der Waals surface area contributed by atoms with Crippen LogP contribution in [0.1, 0.15) is 10.6 Å². The predicted octanol–water partition coefficient (Wildman–Crippen LogP) is 0.583. The summed E-state index contributed by atoms with van der Waals surface area (Å²) in [6.07, 6.45) is 0.208. The Bertz CT molecular complexity index is 780. The highest BCUT2D eigenvalue weighted by Gasteiger charge is 2.27. The normalized spacial score (nSPS) is 14.1. The summed E-state index contributed by atoms with van der Waals surface area (Å²) in [4.78, 5) is 16.3. The number of aromatic nitrogens is 3. The minimum absolute atomic E-state index is 0.0975. The average Bonchev–Trinajstić information content (AvgIpc) is 2.84. The Kier molecular flexibility index (Phi) is 2.51. The zero-order valence-corrected chi connectivity index (χ0v) is 10.2. The van der Waals surface area contributed by atoms with Crippen LogP contribution in [-0.2, 0) is 6.42 Å². The Labute approximate surface area is 113 Å². The Morgan fingerprint density at radius 3 is 2.70 bits per heavy atom. The van der Waals surface area contributed by atoms with E-state index in [0.717, 1.165) is 4.68 Å². The molecule has 1 aliphatic heterocycles. The van der Waals surface area contributed by atoms with Crippen molar-refractivity contribution in [2.24, 2.45) is 5.73 Å². The van der Waals surface area contributed by atoms with Crippen molar-refractivity contribution in [1.29, 1.82) is 5.26 Å². The molecule has 0 aliphatic carbocycles. The Balaban J connectivity index is 2.06. The molecule has 20 heavy (non-hydrogen) atoms. The topological polar surface area (TPSA) is 118 Å². The van der Waals surface area contributed by atoms with Crippen LogP contribution in [0.25, 0.3) is 11.4 Å². The molecule has 0 fully saturated rings. The highest BCUT2D eigenvalue weighted by molar-refractivity contribution is 6.00. The van der Waals surface area contributed by atoms with Gasteiger partial charge >= 0.3 is 0 Å². The first kappa shape index (κ1) is 11.9. The highest BCUT2D eigenvalue weighted by atomic mass is 16.3. The lowest BCUT2D eigenvalue weighted by Gasteiger charge is -2.11. The van der Waals surface area contributed by atoms with Gasteiger partial charge in [-0.1, -0.05) is 0 Å². The van der Waals surface area contributed by atoms with E-state index in [4.69, 9.17) is 11.0 Å². The van der Waals surface area contributed by atoms with Gasteiger partial charge in [-0.2, -0.15) is 9.94 Å². The average molecular weight is 267 g/mol. The Hall–Kier alpha value is -3.14. The van der Waals surface area contributed by atoms with Crippen molar-refractivity contribution >= 4 is 5.91 Å². The van der Waals surface area contributed by atoms with Gasteiger partial charge in [0.1, 0.15) is 23.2 Å². The van der Waals surface area contributed by atoms with Crippen LogP contribution in [-0.4, -0.2) is 25.8 Å². The van der Waals surface area contributed by atoms with Crippen LogP contribution >= 0.6 is 0 Å². The van der Waals surface area contributed by atoms with Gasteiger partial charge in [0, 0.05) is 17.7 Å². The van der Waals surface area contributed by atoms with Crippen LogP contribution < -0.4 is 5.73 Å². The number of nitriles is 1. The second kappa shape index (κ2) is 4.20. The van der Waals surface area contributed by atoms with Crippen molar-refractivity contribution in [2.45, 2.75) is 6.42 Å². The molecule has 7 nitrogen and oxygen atoms in total. The van der Waals surface area contributed by atoms with Crippen LogP contribution in [0.2, 0.25) is 0 Å². The van der Waals surface area contributed by atoms with Gasteiger partial charge in [-0.25, -0.2) is 4.98 Å². The molecular weight excluding hydrogens is 258 g/mol. The molecule has 1 aromatic carbocycles. The molecule has 2 heterocycles. The molecule has 1 aromatic heterocycles. The third-order valence-corrected chi connectivity index (χ3v) is 2.99. The zero-order chi connectivity index (χ0) is 14.3. The van der Waals surface area contributed by atoms with E-state index in [-0.39, 0.29) is 23.4 Å². The number of rotatable bonds is 1. The fourth-order valence-corrected chi connectivity index (χ4v) is 1.98. The number of hydrogen-bond donors (Lipinski definition) is 2. The van der Waals surface area contributed by atoms with E-state index >= 15 is 0 Å². The van der Waals surface area contributed by atoms with Gasteiger partial charge in [-0.05, 0) is 24.3 Å². The fourth-order valence-electron chi connectivity index (χ4n) is 1.98. The van der Waals surface area contributed by atoms with Crippen molar-refractivity contribution in [3.05, 3.63) is 41.4 Å². The van der Waals surface area contributed by atoms with E-state index in [1.54, 1.807) is 18.2 Å². The SMILES string of the molecule is N#CC1=C(N)Cc2nc(-c3ccc(O)cc3)nn2C1=O. The van der Waals surface area contributed by atoms with Crippen LogP contribution in [0.5, 0.6) is 5.75 Å². The fraction of sp³-hybridized carbons (Fsp3) is 0.0769. The van der Waals surface area contributed by atoms with Crippen molar-refractivity contribution in [1.82, 2.24) is 14.8 Å². The molecule has 0 bridgehead atoms. The number of benzene rings is 1. The van der Waals surface area contributed by atoms with Crippen molar-refractivity contribution < 1.29 is 9.90 Å². The molecule has 3 rings (SSSR count). The maximum Gasteiger partial charge on any atom is 0.292 e. The van der Waals surface area contributed by atoms with Crippen molar-refractivity contribution in [3.63, 3.8) is 0 Å². The number of aromatic hydroxyl groups is 1. The number of allylic oxidation sites excluding steroid dienone is 2. The number of carbonyl (C=O) groups is 1. The third-order valence-electron chi connectivity index (χ3n) is 2.99. The van der Waals surface area contributed by atoms with Gasteiger partial charge in [0.05, 0.1) is 0 Å². The van der Waals surface area contributed by atoms with Gasteiger partial charge in [0.25, 0.3) is 5.91 Å². The molecule has 0 unspecified atom stereocenters. The first-order valence-electron chi connectivity index (χ1n) is 5.79. The van der Waals surface area contributed by atoms with Gasteiger partial charge in [0.2, 0.25) is 0 Å². The summed E-state index contributed by atoms with van der Waals surface area (Å²) in [7, 11) is 0. The van der Waals surface area contributed by atoms with Crippen LogP contribution in [0, 0.1) is 11.3 Å². The predicted molar refractivity (Wildman–Crippen MR) is 68.3 cm³/mol. The molecule has 2 aromatic rings. The summed E-state index contributed by atoms with van der Waals surface area (Å²) in [5, 5.41) is 22.3. The summed E-state index contributed by atoms with van der Waals surface area (Å²) < 4.78 is 1.09. The summed E-state index contributed by atoms with van der Waals surface area (Å²) in [6.45, 7) is 0. The third kappa shape index (κ3) is 1.71. The number of phenols is 1. The quantitative estimate of drug-likeness (QED) is 0.780. The zero-order valence-electron chi connectivity index (χ0n) is 10.2. The number of hydrogen-bond acceptors (Lipinski definition) is 6. The standard InChI is InChI=1S/C13H9N5O2/c14-6-9-10(15)5-11-16-12(17-18(11)13(9)20)7-1-3-8(19)4-2-7/h1-4,19H,5,15H2. The molecule has 7 heteroatoms. The largest absolute Gasteiger partial charge is 0.508 e. The lowest BCUT2D eigenvalue weighted by atomic mass is 10.1. The first-order chi connectivity index (χ1) is 9.60. The molecule has 0 atom stereocenters. The number of fused-ring (bicyclic) bond motifs is 1. The van der Waals surface area contributed by atoms with E-state index in [2.05, 4.69) is 10.1 Å². The Morgan fingerprint density at radius 2 is 2.05 bits per heavy atom. The number of carbonyl (C=O) groups excluding carboxylic acids is 1. The number of nitrogens with zero attached hydrogens (tertiary/aromatic N) is 4. The summed E-state index contributed by atoms with van der Waals surface area (Å²) >= 11 is 0. The van der Waals surface area contributed by atoms with E-state index < -0.39 is 5.91 Å². The Morgan fingerprint density at radius 1 is 1.35 bits per heavy atom. The minimum Gasteiger partial charge on any atom is -0.508 e. The summed E-state index contributed by atoms with van der Waals surface area (Å²) in [5.74, 6) is 0.310. The lowest BCUT2D eigenvalue weighted by molar-refractivity contribution is 0.0935. The highest BCUT2D eigenvalue weighted by Crippen LogP contribution is 2.22. The smallest absolute Gasteiger partial charge is 0.292 e. The van der Waals surface area contributed by atoms with Crippen molar-refractivity contribution in [2.75, 3.05) is 0 Å². The molecule has 0 spiro atoms. The summed E-state index contributed by atoms with van der Waals surface area (Å²) in [6, 6.07) is 8.08. The number of nitrogens with two attached hydrogens (primary N) is 1. The number of phenolic OH excluding ortho intramolecular Hbond substituents is 1. The molecular formula is C13H9N5O2. The lowest BCUT2D eigenvalue weighted by Crippen LogP contribution is -2.27. The second-order valence-electron chi connectivity index (χ2n) is 4.30. The van der Waals surface area contributed by atoms with Crippen LogP contribution in [0.4, 0.5) is 0 Å². The molecule has 0 amide bonds. The first-order valence-corrected chi connectivity index (χ1v) is 5.79. The monoisotopic (exact) mass is 267 g/mol. The van der Waals surface area contributed by atoms with E-state index in [9.17, 15) is 9.90 Å².